The first kappa shape index (κ1) is 12.8. The van der Waals surface area contributed by atoms with E-state index in [0.717, 1.165) is 25.8 Å². The fraction of sp³-hybridized carbons (Fsp3) is 0.583. The van der Waals surface area contributed by atoms with Crippen LogP contribution in [0.1, 0.15) is 29.8 Å². The lowest BCUT2D eigenvalue weighted by Gasteiger charge is -2.32. The van der Waals surface area contributed by atoms with E-state index in [1.807, 2.05) is 0 Å². The van der Waals surface area contributed by atoms with Crippen LogP contribution in [0.2, 0.25) is 0 Å². The lowest BCUT2D eigenvalue weighted by Crippen LogP contribution is -2.40. The number of amides is 1. The Kier molecular flexibility index (Phi) is 4.09. The maximum Gasteiger partial charge on any atom is 0.274 e. The van der Waals surface area contributed by atoms with Crippen LogP contribution < -0.4 is 5.73 Å². The van der Waals surface area contributed by atoms with E-state index in [0.29, 0.717) is 24.0 Å². The van der Waals surface area contributed by atoms with Gasteiger partial charge in [-0.25, -0.2) is 0 Å². The number of likely N-dealkylation sites (tertiary alicyclic amines) is 1. The van der Waals surface area contributed by atoms with Crippen molar-refractivity contribution in [1.29, 1.82) is 0 Å². The normalized spacial score (nSPS) is 19.8. The largest absolute Gasteiger partial charge is 0.396 e. The molecule has 1 aromatic heterocycles. The molecule has 0 aromatic carbocycles. The quantitative estimate of drug-likeness (QED) is 0.804. The SMILES string of the molecule is Nc1ccc(C(=O)N2CCCC(CCO)C2)nn1. The molecule has 1 saturated heterocycles. The molecular formula is C12H18N4O2. The van der Waals surface area contributed by atoms with Crippen LogP contribution >= 0.6 is 0 Å². The molecule has 1 atom stereocenters. The Balaban J connectivity index is 2.02. The number of piperidine rings is 1. The number of rotatable bonds is 3. The average molecular weight is 250 g/mol. The molecule has 6 nitrogen and oxygen atoms in total. The van der Waals surface area contributed by atoms with Gasteiger partial charge in [0.2, 0.25) is 0 Å². The second kappa shape index (κ2) is 5.77. The molecule has 2 rings (SSSR count). The smallest absolute Gasteiger partial charge is 0.274 e. The van der Waals surface area contributed by atoms with E-state index in [4.69, 9.17) is 10.8 Å². The molecular weight excluding hydrogens is 232 g/mol. The molecule has 1 fully saturated rings. The summed E-state index contributed by atoms with van der Waals surface area (Å²) in [6.45, 7) is 1.60. The maximum absolute atomic E-state index is 12.2. The van der Waals surface area contributed by atoms with Crippen LogP contribution in [0.3, 0.4) is 0 Å². The summed E-state index contributed by atoms with van der Waals surface area (Å²) in [7, 11) is 0. The highest BCUT2D eigenvalue weighted by atomic mass is 16.3. The summed E-state index contributed by atoms with van der Waals surface area (Å²) in [6.07, 6.45) is 2.79. The third kappa shape index (κ3) is 2.95. The number of carbonyl (C=O) groups excluding carboxylic acids is 1. The van der Waals surface area contributed by atoms with Gasteiger partial charge in [-0.15, -0.1) is 10.2 Å². The Morgan fingerprint density at radius 3 is 3.00 bits per heavy atom. The molecule has 18 heavy (non-hydrogen) atoms. The Hall–Kier alpha value is -1.69. The Labute approximate surface area is 106 Å². The van der Waals surface area contributed by atoms with Gasteiger partial charge >= 0.3 is 0 Å². The Bertz CT molecular complexity index is 405. The first-order chi connectivity index (χ1) is 8.70. The molecule has 3 N–H and O–H groups in total. The molecule has 1 aromatic rings. The molecule has 0 aliphatic carbocycles. The van der Waals surface area contributed by atoms with E-state index in [-0.39, 0.29) is 12.5 Å². The van der Waals surface area contributed by atoms with Crippen LogP contribution in [-0.4, -0.2) is 45.8 Å². The molecule has 0 spiro atoms. The van der Waals surface area contributed by atoms with Gasteiger partial charge in [0, 0.05) is 19.7 Å². The monoisotopic (exact) mass is 250 g/mol. The Morgan fingerprint density at radius 1 is 1.50 bits per heavy atom. The molecule has 0 bridgehead atoms. The third-order valence-electron chi connectivity index (χ3n) is 3.25. The predicted molar refractivity (Wildman–Crippen MR) is 66.8 cm³/mol. The van der Waals surface area contributed by atoms with E-state index in [9.17, 15) is 4.79 Å². The standard InChI is InChI=1S/C12H18N4O2/c13-11-4-3-10(14-15-11)12(18)16-6-1-2-9(8-16)5-7-17/h3-4,9,17H,1-2,5-8H2,(H2,13,15). The molecule has 1 aliphatic heterocycles. The zero-order chi connectivity index (χ0) is 13.0. The summed E-state index contributed by atoms with van der Waals surface area (Å²) in [5.74, 6) is 0.586. The first-order valence-electron chi connectivity index (χ1n) is 6.20. The lowest BCUT2D eigenvalue weighted by molar-refractivity contribution is 0.0646. The fourth-order valence-corrected chi connectivity index (χ4v) is 2.29. The second-order valence-corrected chi connectivity index (χ2v) is 4.62. The topological polar surface area (TPSA) is 92.3 Å². The number of carbonyl (C=O) groups is 1. The minimum atomic E-state index is -0.106. The van der Waals surface area contributed by atoms with Crippen molar-refractivity contribution in [3.8, 4) is 0 Å². The first-order valence-corrected chi connectivity index (χ1v) is 6.20. The zero-order valence-corrected chi connectivity index (χ0v) is 10.2. The summed E-state index contributed by atoms with van der Waals surface area (Å²) >= 11 is 0. The number of nitrogen functional groups attached to an aromatic ring is 1. The number of aliphatic hydroxyl groups excluding tert-OH is 1. The van der Waals surface area contributed by atoms with E-state index in [1.54, 1.807) is 17.0 Å². The van der Waals surface area contributed by atoms with Crippen LogP contribution in [-0.2, 0) is 0 Å². The highest BCUT2D eigenvalue weighted by Crippen LogP contribution is 2.20. The lowest BCUT2D eigenvalue weighted by atomic mass is 9.95. The van der Waals surface area contributed by atoms with Gasteiger partial charge in [-0.1, -0.05) is 0 Å². The summed E-state index contributed by atoms with van der Waals surface area (Å²) in [4.78, 5) is 14.0. The van der Waals surface area contributed by atoms with E-state index in [2.05, 4.69) is 10.2 Å². The van der Waals surface area contributed by atoms with Gasteiger partial charge in [-0.3, -0.25) is 4.79 Å². The van der Waals surface area contributed by atoms with Crippen LogP contribution in [0, 0.1) is 5.92 Å². The van der Waals surface area contributed by atoms with Crippen LogP contribution in [0.5, 0.6) is 0 Å². The van der Waals surface area contributed by atoms with Crippen molar-refractivity contribution in [2.75, 3.05) is 25.4 Å². The van der Waals surface area contributed by atoms with Gasteiger partial charge in [0.05, 0.1) is 0 Å². The molecule has 1 aliphatic rings. The van der Waals surface area contributed by atoms with Crippen molar-refractivity contribution in [2.45, 2.75) is 19.3 Å². The number of hydrogen-bond acceptors (Lipinski definition) is 5. The van der Waals surface area contributed by atoms with Crippen molar-refractivity contribution in [3.63, 3.8) is 0 Å². The number of anilines is 1. The van der Waals surface area contributed by atoms with Gasteiger partial charge < -0.3 is 15.7 Å². The number of nitrogens with two attached hydrogens (primary N) is 1. The zero-order valence-electron chi connectivity index (χ0n) is 10.2. The van der Waals surface area contributed by atoms with Crippen molar-refractivity contribution >= 4 is 11.7 Å². The fourth-order valence-electron chi connectivity index (χ4n) is 2.29. The molecule has 6 heteroatoms. The van der Waals surface area contributed by atoms with Crippen LogP contribution in [0.15, 0.2) is 12.1 Å². The van der Waals surface area contributed by atoms with Crippen LogP contribution in [0.25, 0.3) is 0 Å². The molecule has 1 amide bonds. The maximum atomic E-state index is 12.2. The minimum absolute atomic E-state index is 0.106. The van der Waals surface area contributed by atoms with Crippen molar-refractivity contribution in [3.05, 3.63) is 17.8 Å². The van der Waals surface area contributed by atoms with Crippen LogP contribution in [0.4, 0.5) is 5.82 Å². The highest BCUT2D eigenvalue weighted by molar-refractivity contribution is 5.92. The third-order valence-corrected chi connectivity index (χ3v) is 3.25. The molecule has 0 saturated carbocycles. The van der Waals surface area contributed by atoms with E-state index in [1.165, 1.54) is 0 Å². The number of hydrogen-bond donors (Lipinski definition) is 2. The minimum Gasteiger partial charge on any atom is -0.396 e. The molecule has 0 radical (unpaired) electrons. The summed E-state index contributed by atoms with van der Waals surface area (Å²) < 4.78 is 0. The highest BCUT2D eigenvalue weighted by Gasteiger charge is 2.24. The van der Waals surface area contributed by atoms with Gasteiger partial charge in [-0.2, -0.15) is 0 Å². The van der Waals surface area contributed by atoms with E-state index >= 15 is 0 Å². The van der Waals surface area contributed by atoms with E-state index < -0.39 is 0 Å². The Morgan fingerprint density at radius 2 is 2.33 bits per heavy atom. The predicted octanol–water partition coefficient (Wildman–Crippen LogP) is 0.293. The van der Waals surface area contributed by atoms with Gasteiger partial charge in [0.1, 0.15) is 5.82 Å². The summed E-state index contributed by atoms with van der Waals surface area (Å²) in [5, 5.41) is 16.5. The van der Waals surface area contributed by atoms with Gasteiger partial charge in [0.25, 0.3) is 5.91 Å². The number of aromatic nitrogens is 2. The number of aliphatic hydroxyl groups is 1. The second-order valence-electron chi connectivity index (χ2n) is 4.62. The van der Waals surface area contributed by atoms with Crippen molar-refractivity contribution < 1.29 is 9.90 Å². The molecule has 1 unspecified atom stereocenters. The van der Waals surface area contributed by atoms with Crippen molar-refractivity contribution in [1.82, 2.24) is 15.1 Å². The summed E-state index contributed by atoms with van der Waals surface area (Å²) in [6, 6.07) is 3.18. The van der Waals surface area contributed by atoms with Crippen molar-refractivity contribution in [2.24, 2.45) is 5.92 Å². The molecule has 98 valence electrons. The number of nitrogens with zero attached hydrogens (tertiary/aromatic N) is 3. The molecule has 2 heterocycles. The van der Waals surface area contributed by atoms with Gasteiger partial charge in [-0.05, 0) is 37.3 Å². The summed E-state index contributed by atoms with van der Waals surface area (Å²) in [5.41, 5.74) is 5.77. The average Bonchev–Trinajstić information content (AvgIpc) is 2.39. The van der Waals surface area contributed by atoms with Gasteiger partial charge in [0.15, 0.2) is 5.69 Å².